The number of rotatable bonds is 7. The molecule has 0 saturated heterocycles. The van der Waals surface area contributed by atoms with E-state index in [9.17, 15) is 0 Å². The van der Waals surface area contributed by atoms with E-state index in [1.54, 1.807) is 0 Å². The van der Waals surface area contributed by atoms with Crippen LogP contribution >= 0.6 is 0 Å². The van der Waals surface area contributed by atoms with Crippen molar-refractivity contribution < 1.29 is 0 Å². The van der Waals surface area contributed by atoms with Gasteiger partial charge in [-0.25, -0.2) is 0 Å². The number of nitrogens with one attached hydrogen (secondary N) is 1. The SMILES string of the molecule is CCCNC(Cc1cc(C)nn1CC)C(C)C. The molecule has 1 unspecified atom stereocenters. The van der Waals surface area contributed by atoms with Crippen molar-refractivity contribution in [3.63, 3.8) is 0 Å². The Bertz CT molecular complexity index is 328. The van der Waals surface area contributed by atoms with Crippen LogP contribution in [0.4, 0.5) is 0 Å². The summed E-state index contributed by atoms with van der Waals surface area (Å²) in [4.78, 5) is 0. The Morgan fingerprint density at radius 2 is 2.06 bits per heavy atom. The Balaban J connectivity index is 2.70. The fraction of sp³-hybridized carbons (Fsp3) is 0.786. The highest BCUT2D eigenvalue weighted by atomic mass is 15.3. The summed E-state index contributed by atoms with van der Waals surface area (Å²) >= 11 is 0. The lowest BCUT2D eigenvalue weighted by atomic mass is 9.99. The van der Waals surface area contributed by atoms with Gasteiger partial charge in [0.15, 0.2) is 0 Å². The third-order valence-corrected chi connectivity index (χ3v) is 3.18. The molecule has 1 N–H and O–H groups in total. The van der Waals surface area contributed by atoms with Crippen LogP contribution in [0.1, 0.15) is 45.5 Å². The summed E-state index contributed by atoms with van der Waals surface area (Å²) in [7, 11) is 0. The van der Waals surface area contributed by atoms with Crippen LogP contribution in [0.2, 0.25) is 0 Å². The average molecular weight is 237 g/mol. The average Bonchev–Trinajstić information content (AvgIpc) is 2.64. The Kier molecular flexibility index (Phi) is 5.69. The van der Waals surface area contributed by atoms with Gasteiger partial charge in [0.05, 0.1) is 5.69 Å². The summed E-state index contributed by atoms with van der Waals surface area (Å²) in [6.45, 7) is 13.1. The molecule has 1 atom stereocenters. The van der Waals surface area contributed by atoms with Crippen molar-refractivity contribution in [1.29, 1.82) is 0 Å². The Labute approximate surface area is 106 Å². The molecule has 3 nitrogen and oxygen atoms in total. The number of aryl methyl sites for hydroxylation is 2. The molecular formula is C14H27N3. The lowest BCUT2D eigenvalue weighted by Gasteiger charge is -2.22. The zero-order chi connectivity index (χ0) is 12.8. The highest BCUT2D eigenvalue weighted by Gasteiger charge is 2.15. The third-order valence-electron chi connectivity index (χ3n) is 3.18. The zero-order valence-corrected chi connectivity index (χ0v) is 12.0. The summed E-state index contributed by atoms with van der Waals surface area (Å²) in [5.41, 5.74) is 2.48. The van der Waals surface area contributed by atoms with Gasteiger partial charge in [-0.05, 0) is 38.8 Å². The quantitative estimate of drug-likeness (QED) is 0.790. The van der Waals surface area contributed by atoms with Gasteiger partial charge in [0, 0.05) is 24.7 Å². The van der Waals surface area contributed by atoms with Gasteiger partial charge < -0.3 is 5.32 Å². The molecule has 1 heterocycles. The van der Waals surface area contributed by atoms with Crippen molar-refractivity contribution in [3.05, 3.63) is 17.5 Å². The molecule has 98 valence electrons. The number of hydrogen-bond acceptors (Lipinski definition) is 2. The predicted molar refractivity (Wildman–Crippen MR) is 73.3 cm³/mol. The Hall–Kier alpha value is -0.830. The topological polar surface area (TPSA) is 29.9 Å². The highest BCUT2D eigenvalue weighted by Crippen LogP contribution is 2.12. The van der Waals surface area contributed by atoms with Crippen LogP contribution < -0.4 is 5.32 Å². The summed E-state index contributed by atoms with van der Waals surface area (Å²) in [5.74, 6) is 0.655. The van der Waals surface area contributed by atoms with Crippen molar-refractivity contribution in [2.75, 3.05) is 6.54 Å². The van der Waals surface area contributed by atoms with Crippen LogP contribution in [0.15, 0.2) is 6.07 Å². The van der Waals surface area contributed by atoms with Gasteiger partial charge in [-0.2, -0.15) is 5.10 Å². The maximum atomic E-state index is 4.51. The first-order valence-corrected chi connectivity index (χ1v) is 6.85. The van der Waals surface area contributed by atoms with E-state index < -0.39 is 0 Å². The van der Waals surface area contributed by atoms with Gasteiger partial charge in [-0.15, -0.1) is 0 Å². The minimum atomic E-state index is 0.552. The number of hydrogen-bond donors (Lipinski definition) is 1. The molecule has 17 heavy (non-hydrogen) atoms. The minimum Gasteiger partial charge on any atom is -0.313 e. The highest BCUT2D eigenvalue weighted by molar-refractivity contribution is 5.10. The van der Waals surface area contributed by atoms with Gasteiger partial charge in [-0.1, -0.05) is 20.8 Å². The molecule has 0 aliphatic rings. The second-order valence-electron chi connectivity index (χ2n) is 5.10. The summed E-state index contributed by atoms with van der Waals surface area (Å²) in [6, 6.07) is 2.77. The van der Waals surface area contributed by atoms with Crippen molar-refractivity contribution in [2.24, 2.45) is 5.92 Å². The molecule has 0 aromatic carbocycles. The lowest BCUT2D eigenvalue weighted by Crippen LogP contribution is -2.36. The van der Waals surface area contributed by atoms with Crippen molar-refractivity contribution in [3.8, 4) is 0 Å². The maximum Gasteiger partial charge on any atom is 0.0596 e. The van der Waals surface area contributed by atoms with Crippen LogP contribution in [0.25, 0.3) is 0 Å². The van der Waals surface area contributed by atoms with Crippen LogP contribution in [-0.4, -0.2) is 22.4 Å². The molecule has 1 aromatic rings. The van der Waals surface area contributed by atoms with Crippen LogP contribution in [0.3, 0.4) is 0 Å². The molecule has 0 aliphatic carbocycles. The first kappa shape index (κ1) is 14.2. The monoisotopic (exact) mass is 237 g/mol. The van der Waals surface area contributed by atoms with Gasteiger partial charge in [0.1, 0.15) is 0 Å². The maximum absolute atomic E-state index is 4.51. The van der Waals surface area contributed by atoms with Crippen molar-refractivity contribution in [1.82, 2.24) is 15.1 Å². The molecule has 0 radical (unpaired) electrons. The Morgan fingerprint density at radius 3 is 2.59 bits per heavy atom. The molecule has 1 rings (SSSR count). The van der Waals surface area contributed by atoms with Crippen LogP contribution in [0.5, 0.6) is 0 Å². The van der Waals surface area contributed by atoms with Crippen molar-refractivity contribution >= 4 is 0 Å². The second kappa shape index (κ2) is 6.80. The molecule has 0 spiro atoms. The van der Waals surface area contributed by atoms with E-state index in [0.29, 0.717) is 12.0 Å². The van der Waals surface area contributed by atoms with Crippen molar-refractivity contribution in [2.45, 2.75) is 60.0 Å². The van der Waals surface area contributed by atoms with E-state index in [1.165, 1.54) is 12.1 Å². The largest absolute Gasteiger partial charge is 0.313 e. The first-order chi connectivity index (χ1) is 8.08. The zero-order valence-electron chi connectivity index (χ0n) is 12.0. The predicted octanol–water partition coefficient (Wildman–Crippen LogP) is 2.78. The molecule has 0 bridgehead atoms. The normalized spacial score (nSPS) is 13.3. The van der Waals surface area contributed by atoms with E-state index >= 15 is 0 Å². The summed E-state index contributed by atoms with van der Waals surface area (Å²) < 4.78 is 2.12. The minimum absolute atomic E-state index is 0.552. The molecule has 3 heteroatoms. The Morgan fingerprint density at radius 1 is 1.35 bits per heavy atom. The third kappa shape index (κ3) is 4.15. The smallest absolute Gasteiger partial charge is 0.0596 e. The standard InChI is InChI=1S/C14H27N3/c1-6-8-15-14(11(3)4)10-13-9-12(5)16-17(13)7-2/h9,11,14-15H,6-8,10H2,1-5H3. The molecule has 0 amide bonds. The summed E-state index contributed by atoms with van der Waals surface area (Å²) in [5, 5.41) is 8.15. The van der Waals surface area contributed by atoms with E-state index in [0.717, 1.165) is 25.2 Å². The molecular weight excluding hydrogens is 210 g/mol. The molecule has 0 fully saturated rings. The van der Waals surface area contributed by atoms with Crippen LogP contribution in [-0.2, 0) is 13.0 Å². The van der Waals surface area contributed by atoms with Crippen LogP contribution in [0, 0.1) is 12.8 Å². The second-order valence-corrected chi connectivity index (χ2v) is 5.10. The van der Waals surface area contributed by atoms with E-state index in [4.69, 9.17) is 0 Å². The molecule has 1 aromatic heterocycles. The van der Waals surface area contributed by atoms with Gasteiger partial charge >= 0.3 is 0 Å². The summed E-state index contributed by atoms with van der Waals surface area (Å²) in [6.07, 6.45) is 2.27. The van der Waals surface area contributed by atoms with Gasteiger partial charge in [0.25, 0.3) is 0 Å². The van der Waals surface area contributed by atoms with Gasteiger partial charge in [0.2, 0.25) is 0 Å². The van der Waals surface area contributed by atoms with E-state index in [-0.39, 0.29) is 0 Å². The number of aromatic nitrogens is 2. The molecule has 0 saturated carbocycles. The fourth-order valence-corrected chi connectivity index (χ4v) is 2.14. The number of nitrogens with zero attached hydrogens (tertiary/aromatic N) is 2. The lowest BCUT2D eigenvalue weighted by molar-refractivity contribution is 0.387. The van der Waals surface area contributed by atoms with E-state index in [2.05, 4.69) is 55.8 Å². The molecule has 0 aliphatic heterocycles. The first-order valence-electron chi connectivity index (χ1n) is 6.85. The van der Waals surface area contributed by atoms with E-state index in [1.807, 2.05) is 0 Å². The van der Waals surface area contributed by atoms with Gasteiger partial charge in [-0.3, -0.25) is 4.68 Å². The fourth-order valence-electron chi connectivity index (χ4n) is 2.14.